The zero-order valence-electron chi connectivity index (χ0n) is 11.5. The summed E-state index contributed by atoms with van der Waals surface area (Å²) in [4.78, 5) is 2.39. The van der Waals surface area contributed by atoms with Crippen molar-refractivity contribution in [2.75, 3.05) is 19.6 Å². The lowest BCUT2D eigenvalue weighted by Crippen LogP contribution is -2.20. The number of rotatable bonds is 3. The van der Waals surface area contributed by atoms with Gasteiger partial charge in [0.15, 0.2) is 0 Å². The molecule has 1 aliphatic heterocycles. The van der Waals surface area contributed by atoms with E-state index in [0.29, 0.717) is 12.1 Å². The number of nitrogens with two attached hydrogens (primary N) is 1. The van der Waals surface area contributed by atoms with E-state index >= 15 is 0 Å². The first-order chi connectivity index (χ1) is 9.21. The number of hydrogen-bond donors (Lipinski definition) is 1. The number of halogens is 1. The van der Waals surface area contributed by atoms with E-state index in [9.17, 15) is 4.39 Å². The molecule has 1 saturated heterocycles. The van der Waals surface area contributed by atoms with Gasteiger partial charge in [0.2, 0.25) is 0 Å². The molecule has 0 aromatic heterocycles. The van der Waals surface area contributed by atoms with Crippen molar-refractivity contribution in [3.05, 3.63) is 35.1 Å². The van der Waals surface area contributed by atoms with Crippen LogP contribution in [0.1, 0.15) is 30.9 Å². The van der Waals surface area contributed by atoms with Crippen molar-refractivity contribution in [2.45, 2.75) is 26.3 Å². The summed E-state index contributed by atoms with van der Waals surface area (Å²) >= 11 is 0. The summed E-state index contributed by atoms with van der Waals surface area (Å²) in [6.07, 6.45) is 2.48. The van der Waals surface area contributed by atoms with E-state index in [1.165, 1.54) is 18.9 Å². The molecule has 19 heavy (non-hydrogen) atoms. The standard InChI is InChI=1S/C16H21FN2/c1-2-13-5-7-19(11-13)12-15-8-14(4-3-6-18)9-16(17)10-15/h8-10,13H,2,5-7,11-12,18H2,1H3. The van der Waals surface area contributed by atoms with Gasteiger partial charge in [-0.15, -0.1) is 0 Å². The Morgan fingerprint density at radius 2 is 2.26 bits per heavy atom. The fourth-order valence-corrected chi connectivity index (χ4v) is 2.61. The fourth-order valence-electron chi connectivity index (χ4n) is 2.61. The van der Waals surface area contributed by atoms with Crippen LogP contribution in [0.25, 0.3) is 0 Å². The first-order valence-electron chi connectivity index (χ1n) is 6.92. The second-order valence-corrected chi connectivity index (χ2v) is 5.15. The normalized spacial score (nSPS) is 19.2. The van der Waals surface area contributed by atoms with Crippen LogP contribution >= 0.6 is 0 Å². The molecule has 1 aliphatic rings. The summed E-state index contributed by atoms with van der Waals surface area (Å²) in [6, 6.07) is 5.03. The van der Waals surface area contributed by atoms with Gasteiger partial charge in [-0.25, -0.2) is 4.39 Å². The molecular formula is C16H21FN2. The lowest BCUT2D eigenvalue weighted by Gasteiger charge is -2.16. The first-order valence-corrected chi connectivity index (χ1v) is 6.92. The Balaban J connectivity index is 2.06. The summed E-state index contributed by atoms with van der Waals surface area (Å²) in [5, 5.41) is 0. The van der Waals surface area contributed by atoms with Gasteiger partial charge in [-0.3, -0.25) is 4.90 Å². The molecule has 1 unspecified atom stereocenters. The smallest absolute Gasteiger partial charge is 0.124 e. The van der Waals surface area contributed by atoms with Crippen molar-refractivity contribution in [3.8, 4) is 11.8 Å². The molecule has 1 fully saturated rings. The first kappa shape index (κ1) is 14.0. The van der Waals surface area contributed by atoms with E-state index in [4.69, 9.17) is 5.73 Å². The van der Waals surface area contributed by atoms with Crippen LogP contribution in [-0.4, -0.2) is 24.5 Å². The Hall–Kier alpha value is -1.37. The Labute approximate surface area is 114 Å². The number of hydrogen-bond acceptors (Lipinski definition) is 2. The molecule has 1 atom stereocenters. The predicted molar refractivity (Wildman–Crippen MR) is 76.0 cm³/mol. The molecular weight excluding hydrogens is 239 g/mol. The van der Waals surface area contributed by atoms with E-state index in [-0.39, 0.29) is 5.82 Å². The van der Waals surface area contributed by atoms with Crippen molar-refractivity contribution >= 4 is 0 Å². The second kappa shape index (κ2) is 6.70. The van der Waals surface area contributed by atoms with Gasteiger partial charge in [0.25, 0.3) is 0 Å². The van der Waals surface area contributed by atoms with Crippen LogP contribution in [0.3, 0.4) is 0 Å². The molecule has 2 nitrogen and oxygen atoms in total. The molecule has 2 rings (SSSR count). The van der Waals surface area contributed by atoms with Gasteiger partial charge in [-0.1, -0.05) is 25.2 Å². The monoisotopic (exact) mass is 260 g/mol. The van der Waals surface area contributed by atoms with Crippen LogP contribution in [0.5, 0.6) is 0 Å². The van der Waals surface area contributed by atoms with E-state index in [2.05, 4.69) is 23.7 Å². The average Bonchev–Trinajstić information content (AvgIpc) is 2.83. The highest BCUT2D eigenvalue weighted by molar-refractivity contribution is 5.38. The zero-order valence-corrected chi connectivity index (χ0v) is 11.5. The van der Waals surface area contributed by atoms with Gasteiger partial charge in [-0.05, 0) is 42.6 Å². The van der Waals surface area contributed by atoms with E-state index in [1.54, 1.807) is 6.07 Å². The molecule has 2 N–H and O–H groups in total. The minimum atomic E-state index is -0.218. The van der Waals surface area contributed by atoms with Crippen LogP contribution in [0.2, 0.25) is 0 Å². The van der Waals surface area contributed by atoms with Gasteiger partial charge in [0, 0.05) is 18.7 Å². The minimum Gasteiger partial charge on any atom is -0.320 e. The maximum atomic E-state index is 13.6. The maximum absolute atomic E-state index is 13.6. The van der Waals surface area contributed by atoms with E-state index in [0.717, 1.165) is 31.1 Å². The van der Waals surface area contributed by atoms with Crippen molar-refractivity contribution in [1.82, 2.24) is 4.90 Å². The maximum Gasteiger partial charge on any atom is 0.124 e. The topological polar surface area (TPSA) is 29.3 Å². The molecule has 0 radical (unpaired) electrons. The molecule has 0 aliphatic carbocycles. The Morgan fingerprint density at radius 1 is 1.42 bits per heavy atom. The highest BCUT2D eigenvalue weighted by atomic mass is 19.1. The van der Waals surface area contributed by atoms with Crippen LogP contribution in [0, 0.1) is 23.6 Å². The molecule has 0 amide bonds. The number of nitrogens with zero attached hydrogens (tertiary/aromatic N) is 1. The fraction of sp³-hybridized carbons (Fsp3) is 0.500. The largest absolute Gasteiger partial charge is 0.320 e. The molecule has 1 aromatic rings. The van der Waals surface area contributed by atoms with Gasteiger partial charge >= 0.3 is 0 Å². The molecule has 0 saturated carbocycles. The molecule has 102 valence electrons. The molecule has 0 bridgehead atoms. The van der Waals surface area contributed by atoms with Crippen molar-refractivity contribution in [1.29, 1.82) is 0 Å². The minimum absolute atomic E-state index is 0.218. The lowest BCUT2D eigenvalue weighted by atomic mass is 10.1. The molecule has 1 aromatic carbocycles. The third-order valence-electron chi connectivity index (χ3n) is 3.65. The van der Waals surface area contributed by atoms with Gasteiger partial charge in [-0.2, -0.15) is 0 Å². The zero-order chi connectivity index (χ0) is 13.7. The van der Waals surface area contributed by atoms with E-state index < -0.39 is 0 Å². The third kappa shape index (κ3) is 4.05. The third-order valence-corrected chi connectivity index (χ3v) is 3.65. The SMILES string of the molecule is CCC1CCN(Cc2cc(F)cc(C#CCN)c2)C1. The highest BCUT2D eigenvalue weighted by Gasteiger charge is 2.20. The second-order valence-electron chi connectivity index (χ2n) is 5.15. The predicted octanol–water partition coefficient (Wildman–Crippen LogP) is 2.37. The Bertz CT molecular complexity index is 487. The summed E-state index contributed by atoms with van der Waals surface area (Å²) in [5.41, 5.74) is 7.05. The van der Waals surface area contributed by atoms with Crippen LogP contribution in [0.4, 0.5) is 4.39 Å². The molecule has 3 heteroatoms. The van der Waals surface area contributed by atoms with Crippen molar-refractivity contribution in [3.63, 3.8) is 0 Å². The Kier molecular flexibility index (Phi) is 4.95. The summed E-state index contributed by atoms with van der Waals surface area (Å²) in [7, 11) is 0. The van der Waals surface area contributed by atoms with E-state index in [1.807, 2.05) is 6.07 Å². The van der Waals surface area contributed by atoms with Crippen LogP contribution in [-0.2, 0) is 6.54 Å². The molecule has 1 heterocycles. The number of benzene rings is 1. The van der Waals surface area contributed by atoms with Crippen LogP contribution < -0.4 is 5.73 Å². The van der Waals surface area contributed by atoms with Crippen LogP contribution in [0.15, 0.2) is 18.2 Å². The lowest BCUT2D eigenvalue weighted by molar-refractivity contribution is 0.314. The van der Waals surface area contributed by atoms with Crippen molar-refractivity contribution in [2.24, 2.45) is 11.7 Å². The molecule has 0 spiro atoms. The average molecular weight is 260 g/mol. The number of likely N-dealkylation sites (tertiary alicyclic amines) is 1. The Morgan fingerprint density at radius 3 is 2.95 bits per heavy atom. The highest BCUT2D eigenvalue weighted by Crippen LogP contribution is 2.21. The van der Waals surface area contributed by atoms with Crippen molar-refractivity contribution < 1.29 is 4.39 Å². The van der Waals surface area contributed by atoms with Gasteiger partial charge in [0.05, 0.1) is 6.54 Å². The summed E-state index contributed by atoms with van der Waals surface area (Å²) < 4.78 is 13.6. The van der Waals surface area contributed by atoms with Gasteiger partial charge in [0.1, 0.15) is 5.82 Å². The summed E-state index contributed by atoms with van der Waals surface area (Å²) in [5.74, 6) is 6.24. The van der Waals surface area contributed by atoms with Gasteiger partial charge < -0.3 is 5.73 Å². The quantitative estimate of drug-likeness (QED) is 0.845. The summed E-state index contributed by atoms with van der Waals surface area (Å²) in [6.45, 7) is 5.58.